The Morgan fingerprint density at radius 2 is 1.12 bits per heavy atom. The topological polar surface area (TPSA) is 125 Å². The van der Waals surface area contributed by atoms with Crippen LogP contribution in [0.1, 0.15) is 149 Å². The van der Waals surface area contributed by atoms with E-state index in [1.165, 1.54) is 19.3 Å². The van der Waals surface area contributed by atoms with Crippen molar-refractivity contribution in [1.29, 1.82) is 0 Å². The fourth-order valence-corrected chi connectivity index (χ4v) is 6.11. The molecule has 0 aromatic rings. The van der Waals surface area contributed by atoms with Gasteiger partial charge in [-0.2, -0.15) is 0 Å². The molecule has 0 aliphatic carbocycles. The quantitative estimate of drug-likeness (QED) is 0.0122. The van der Waals surface area contributed by atoms with E-state index in [2.05, 4.69) is 80.7 Å². The van der Waals surface area contributed by atoms with Gasteiger partial charge in [0, 0.05) is 19.3 Å². The van der Waals surface area contributed by atoms with E-state index >= 15 is 0 Å². The van der Waals surface area contributed by atoms with Crippen LogP contribution in [0.4, 0.5) is 0 Å². The molecule has 0 aliphatic heterocycles. The zero-order valence-electron chi connectivity index (χ0n) is 37.4. The van der Waals surface area contributed by atoms with Crippen molar-refractivity contribution < 1.29 is 46.8 Å². The van der Waals surface area contributed by atoms with E-state index in [-0.39, 0.29) is 31.8 Å². The maximum atomic E-state index is 12.7. The highest BCUT2D eigenvalue weighted by Gasteiger charge is 2.27. The molecule has 11 heteroatoms. The molecule has 0 aliphatic rings. The second kappa shape index (κ2) is 39.0. The Morgan fingerprint density at radius 3 is 1.73 bits per heavy atom. The number of hydrogen-bond donors (Lipinski definition) is 1. The third kappa shape index (κ3) is 42.8. The van der Waals surface area contributed by atoms with Gasteiger partial charge in [0.15, 0.2) is 11.9 Å². The fourth-order valence-electron chi connectivity index (χ4n) is 5.37. The largest absolute Gasteiger partial charge is 0.472 e. The predicted octanol–water partition coefficient (Wildman–Crippen LogP) is 12.0. The van der Waals surface area contributed by atoms with Gasteiger partial charge in [-0.05, 0) is 83.1 Å². The smallest absolute Gasteiger partial charge is 0.462 e. The molecule has 10 nitrogen and oxygen atoms in total. The molecule has 0 radical (unpaired) electrons. The summed E-state index contributed by atoms with van der Waals surface area (Å²) in [6.45, 7) is 4.05. The lowest BCUT2D eigenvalue weighted by Crippen LogP contribution is -2.37. The molecular weight excluding hydrogens is 766 g/mol. The summed E-state index contributed by atoms with van der Waals surface area (Å²) in [4.78, 5) is 47.4. The van der Waals surface area contributed by atoms with Gasteiger partial charge < -0.3 is 18.9 Å². The summed E-state index contributed by atoms with van der Waals surface area (Å²) < 4.78 is 34.2. The van der Waals surface area contributed by atoms with Crippen molar-refractivity contribution in [1.82, 2.24) is 0 Å². The second-order valence-electron chi connectivity index (χ2n) is 15.7. The molecule has 0 rings (SSSR count). The monoisotopic (exact) mass is 847 g/mol. The van der Waals surface area contributed by atoms with Gasteiger partial charge in [0.05, 0.1) is 27.7 Å². The van der Waals surface area contributed by atoms with Gasteiger partial charge in [-0.15, -0.1) is 0 Å². The number of likely N-dealkylation sites (N-methyl/N-ethyl adjacent to an activating group) is 1. The number of hydrogen-bond acceptors (Lipinski definition) is 8. The van der Waals surface area contributed by atoms with Crippen molar-refractivity contribution in [3.8, 4) is 0 Å². The van der Waals surface area contributed by atoms with Crippen LogP contribution in [0.3, 0.4) is 0 Å². The lowest BCUT2D eigenvalue weighted by atomic mass is 10.1. The number of quaternary nitrogens is 1. The maximum Gasteiger partial charge on any atom is 0.472 e. The Kier molecular flexibility index (Phi) is 36.9. The number of ether oxygens (including phenoxy) is 2. The summed E-state index contributed by atoms with van der Waals surface area (Å²) >= 11 is 0. The Balaban J connectivity index is 4.52. The number of carbonyl (C=O) groups is 3. The molecule has 0 amide bonds. The number of esters is 2. The Hall–Kier alpha value is -3.14. The SMILES string of the molecule is CC/C=C\C/C=C\C/C=C\C/C=C\C/C=C\CCCCCC(=O)O[C@H](COC(=O)CCCCCCCC(=O)/C=C/C=C\CCCCC)COP(=O)(O)OCC[N+](C)(C)C. The number of phosphoric acid groups is 1. The van der Waals surface area contributed by atoms with Gasteiger partial charge >= 0.3 is 19.8 Å². The van der Waals surface area contributed by atoms with E-state index < -0.39 is 32.5 Å². The maximum absolute atomic E-state index is 12.7. The van der Waals surface area contributed by atoms with Crippen LogP contribution in [0.2, 0.25) is 0 Å². The highest BCUT2D eigenvalue weighted by molar-refractivity contribution is 7.47. The van der Waals surface area contributed by atoms with E-state index in [1.54, 1.807) is 6.08 Å². The molecule has 1 N–H and O–H groups in total. The number of phosphoric ester groups is 1. The molecule has 0 aromatic heterocycles. The standard InChI is InChI=1S/C48H80NO9P/c1-6-8-10-12-14-15-16-17-18-19-20-21-22-23-24-25-27-31-36-40-48(52)58-46(44-57-59(53,54)56-42-41-49(3,4)5)43-55-47(51)39-35-32-28-30-34-38-45(50)37-33-29-26-13-11-9-7-2/h8,10,14-15,17-18,20-21,23-24,26,29,33,37,46H,6-7,9,11-13,16,19,22,25,27-28,30-32,34-36,38-44H2,1-5H3/p+1/b10-8-,15-14-,18-17-,21-20-,24-23-,29-26-,37-33+/t46-/m1/s1. The van der Waals surface area contributed by atoms with Gasteiger partial charge in [-0.1, -0.05) is 131 Å². The van der Waals surface area contributed by atoms with Gasteiger partial charge in [0.1, 0.15) is 19.8 Å². The number of rotatable bonds is 39. The summed E-state index contributed by atoms with van der Waals surface area (Å²) in [5.41, 5.74) is 0. The van der Waals surface area contributed by atoms with Crippen LogP contribution in [-0.4, -0.2) is 80.7 Å². The molecule has 0 aromatic carbocycles. The molecule has 0 saturated heterocycles. The minimum Gasteiger partial charge on any atom is -0.462 e. The van der Waals surface area contributed by atoms with Crippen LogP contribution in [0, 0.1) is 0 Å². The van der Waals surface area contributed by atoms with Gasteiger partial charge in [0.2, 0.25) is 0 Å². The average Bonchev–Trinajstić information content (AvgIpc) is 3.18. The first-order chi connectivity index (χ1) is 28.4. The van der Waals surface area contributed by atoms with Crippen molar-refractivity contribution in [2.75, 3.05) is 47.5 Å². The van der Waals surface area contributed by atoms with Crippen LogP contribution in [0.5, 0.6) is 0 Å². The van der Waals surface area contributed by atoms with Crippen LogP contribution < -0.4 is 0 Å². The lowest BCUT2D eigenvalue weighted by Gasteiger charge is -2.24. The minimum atomic E-state index is -4.42. The van der Waals surface area contributed by atoms with Gasteiger partial charge in [0.25, 0.3) is 0 Å². The molecule has 0 spiro atoms. The van der Waals surface area contributed by atoms with E-state index in [0.29, 0.717) is 30.3 Å². The van der Waals surface area contributed by atoms with Crippen molar-refractivity contribution in [3.63, 3.8) is 0 Å². The number of allylic oxidation sites excluding steroid dienone is 14. The first-order valence-electron chi connectivity index (χ1n) is 22.3. The second-order valence-corrected chi connectivity index (χ2v) is 17.2. The first kappa shape index (κ1) is 55.9. The van der Waals surface area contributed by atoms with E-state index in [4.69, 9.17) is 18.5 Å². The first-order valence-corrected chi connectivity index (χ1v) is 23.8. The van der Waals surface area contributed by atoms with Gasteiger partial charge in [-0.3, -0.25) is 23.4 Å². The van der Waals surface area contributed by atoms with Crippen molar-refractivity contribution in [3.05, 3.63) is 85.1 Å². The van der Waals surface area contributed by atoms with Crippen molar-refractivity contribution >= 4 is 25.5 Å². The lowest BCUT2D eigenvalue weighted by molar-refractivity contribution is -0.870. The average molecular weight is 847 g/mol. The fraction of sp³-hybridized carbons (Fsp3) is 0.646. The molecular formula is C48H81NO9P+. The van der Waals surface area contributed by atoms with E-state index in [1.807, 2.05) is 33.3 Å². The summed E-state index contributed by atoms with van der Waals surface area (Å²) in [7, 11) is 1.37. The third-order valence-corrected chi connectivity index (χ3v) is 9.87. The van der Waals surface area contributed by atoms with Crippen LogP contribution in [0.25, 0.3) is 0 Å². The highest BCUT2D eigenvalue weighted by Crippen LogP contribution is 2.43. The Bertz CT molecular complexity index is 1340. The van der Waals surface area contributed by atoms with Crippen molar-refractivity contribution in [2.45, 2.75) is 155 Å². The van der Waals surface area contributed by atoms with Crippen molar-refractivity contribution in [2.24, 2.45) is 0 Å². The third-order valence-electron chi connectivity index (χ3n) is 8.89. The Labute approximate surface area is 358 Å². The zero-order valence-corrected chi connectivity index (χ0v) is 38.3. The van der Waals surface area contributed by atoms with E-state index in [0.717, 1.165) is 83.5 Å². The van der Waals surface area contributed by atoms with E-state index in [9.17, 15) is 23.8 Å². The molecule has 2 atom stereocenters. The minimum absolute atomic E-state index is 0.000543. The number of ketones is 1. The molecule has 0 saturated carbocycles. The molecule has 0 bridgehead atoms. The van der Waals surface area contributed by atoms with Crippen LogP contribution in [0.15, 0.2) is 85.1 Å². The molecule has 1 unspecified atom stereocenters. The number of nitrogens with zero attached hydrogens (tertiary/aromatic N) is 1. The summed E-state index contributed by atoms with van der Waals surface area (Å²) in [5, 5.41) is 0. The molecule has 0 heterocycles. The van der Waals surface area contributed by atoms with Crippen LogP contribution >= 0.6 is 7.82 Å². The predicted molar refractivity (Wildman–Crippen MR) is 243 cm³/mol. The molecule has 336 valence electrons. The molecule has 59 heavy (non-hydrogen) atoms. The number of unbranched alkanes of at least 4 members (excludes halogenated alkanes) is 10. The zero-order chi connectivity index (χ0) is 43.7. The summed E-state index contributed by atoms with van der Waals surface area (Å²) in [5.74, 6) is -0.817. The summed E-state index contributed by atoms with van der Waals surface area (Å²) in [6, 6.07) is 0. The highest BCUT2D eigenvalue weighted by atomic mass is 31.2. The van der Waals surface area contributed by atoms with Gasteiger partial charge in [-0.25, -0.2) is 4.57 Å². The molecule has 0 fully saturated rings. The number of carbonyl (C=O) groups excluding carboxylic acids is 3. The Morgan fingerprint density at radius 1 is 0.593 bits per heavy atom. The van der Waals surface area contributed by atoms with Crippen LogP contribution in [-0.2, 0) is 37.5 Å². The summed E-state index contributed by atoms with van der Waals surface area (Å²) in [6.07, 6.45) is 45.9. The normalized spacial score (nSPS) is 14.3.